The van der Waals surface area contributed by atoms with E-state index in [2.05, 4.69) is 0 Å². The van der Waals surface area contributed by atoms with E-state index in [1.807, 2.05) is 5.48 Å². The molecule has 0 aliphatic heterocycles. The normalized spacial score (nSPS) is 13.9. The molecule has 0 amide bonds. The Kier molecular flexibility index (Phi) is 4.89. The summed E-state index contributed by atoms with van der Waals surface area (Å²) >= 11 is 0. The van der Waals surface area contributed by atoms with Crippen LogP contribution in [0, 0.1) is 0 Å². The van der Waals surface area contributed by atoms with Gasteiger partial charge >= 0.3 is 0 Å². The molecule has 1 unspecified atom stereocenters. The van der Waals surface area contributed by atoms with Crippen molar-refractivity contribution in [1.82, 2.24) is 5.48 Å². The zero-order chi connectivity index (χ0) is 6.41. The van der Waals surface area contributed by atoms with Crippen molar-refractivity contribution < 1.29 is 15.4 Å². The minimum absolute atomic E-state index is 0.248. The highest BCUT2D eigenvalue weighted by Crippen LogP contribution is 1.85. The number of aliphatic hydroxyl groups excluding tert-OH is 2. The van der Waals surface area contributed by atoms with Crippen molar-refractivity contribution in [2.75, 3.05) is 13.2 Å². The van der Waals surface area contributed by atoms with Crippen molar-refractivity contribution in [2.24, 2.45) is 0 Å². The topological polar surface area (TPSA) is 72.7 Å². The van der Waals surface area contributed by atoms with E-state index in [0.717, 1.165) is 0 Å². The van der Waals surface area contributed by atoms with Crippen LogP contribution in [0.15, 0.2) is 0 Å². The van der Waals surface area contributed by atoms with Gasteiger partial charge < -0.3 is 15.4 Å². The fraction of sp³-hybridized carbons (Fsp3) is 1.00. The summed E-state index contributed by atoms with van der Waals surface area (Å²) < 4.78 is 0. The van der Waals surface area contributed by atoms with Gasteiger partial charge in [-0.1, -0.05) is 0 Å². The zero-order valence-electron chi connectivity index (χ0n) is 4.54. The van der Waals surface area contributed by atoms with E-state index in [4.69, 9.17) is 15.4 Å². The minimum atomic E-state index is -0.713. The number of rotatable bonds is 4. The van der Waals surface area contributed by atoms with E-state index in [0.29, 0.717) is 13.0 Å². The summed E-state index contributed by atoms with van der Waals surface area (Å²) in [6, 6.07) is 0. The van der Waals surface area contributed by atoms with E-state index in [9.17, 15) is 0 Å². The summed E-state index contributed by atoms with van der Waals surface area (Å²) in [6.07, 6.45) is -0.345. The van der Waals surface area contributed by atoms with Crippen molar-refractivity contribution in [3.05, 3.63) is 0 Å². The lowest BCUT2D eigenvalue weighted by molar-refractivity contribution is 0.0731. The summed E-state index contributed by atoms with van der Waals surface area (Å²) in [5.41, 5.74) is 1.86. The molecule has 0 saturated carbocycles. The first-order valence-corrected chi connectivity index (χ1v) is 2.47. The molecule has 0 aromatic rings. The molecule has 0 heterocycles. The fourth-order valence-electron chi connectivity index (χ4n) is 0.322. The predicted molar refractivity (Wildman–Crippen MR) is 27.5 cm³/mol. The van der Waals surface area contributed by atoms with E-state index in [1.165, 1.54) is 0 Å². The molecule has 4 nitrogen and oxygen atoms in total. The second kappa shape index (κ2) is 4.99. The van der Waals surface area contributed by atoms with E-state index in [-0.39, 0.29) is 6.61 Å². The van der Waals surface area contributed by atoms with Crippen LogP contribution in [-0.2, 0) is 0 Å². The second-order valence-corrected chi connectivity index (χ2v) is 1.53. The Morgan fingerprint density at radius 2 is 2.12 bits per heavy atom. The van der Waals surface area contributed by atoms with Gasteiger partial charge in [0.25, 0.3) is 0 Å². The molecule has 0 aromatic heterocycles. The van der Waals surface area contributed by atoms with Crippen molar-refractivity contribution in [3.63, 3.8) is 0 Å². The summed E-state index contributed by atoms with van der Waals surface area (Å²) in [5.74, 6) is 0. The smallest absolute Gasteiger partial charge is 0.0783 e. The van der Waals surface area contributed by atoms with Crippen molar-refractivity contribution in [1.29, 1.82) is 0 Å². The first kappa shape index (κ1) is 7.84. The lowest BCUT2D eigenvalue weighted by atomic mass is 10.3. The molecule has 4 N–H and O–H groups in total. The van der Waals surface area contributed by atoms with Crippen LogP contribution in [0.3, 0.4) is 0 Å². The molecule has 0 aromatic carbocycles. The number of aliphatic hydroxyl groups is 2. The third kappa shape index (κ3) is 4.01. The third-order valence-corrected chi connectivity index (χ3v) is 0.800. The summed E-state index contributed by atoms with van der Waals surface area (Å²) in [5, 5.41) is 24.8. The van der Waals surface area contributed by atoms with Crippen molar-refractivity contribution in [2.45, 2.75) is 12.5 Å². The first-order chi connectivity index (χ1) is 3.81. The zero-order valence-corrected chi connectivity index (χ0v) is 4.54. The monoisotopic (exact) mass is 121 g/mol. The van der Waals surface area contributed by atoms with Crippen LogP contribution in [0.2, 0.25) is 0 Å². The van der Waals surface area contributed by atoms with Gasteiger partial charge in [-0.25, -0.2) is 5.48 Å². The van der Waals surface area contributed by atoms with Gasteiger partial charge in [0.1, 0.15) is 0 Å². The Morgan fingerprint density at radius 1 is 1.50 bits per heavy atom. The molecule has 0 rings (SSSR count). The van der Waals surface area contributed by atoms with Gasteiger partial charge in [0.05, 0.1) is 12.7 Å². The third-order valence-electron chi connectivity index (χ3n) is 0.800. The van der Waals surface area contributed by atoms with E-state index < -0.39 is 6.10 Å². The van der Waals surface area contributed by atoms with Gasteiger partial charge in [-0.3, -0.25) is 0 Å². The maximum atomic E-state index is 8.59. The van der Waals surface area contributed by atoms with Crippen LogP contribution in [-0.4, -0.2) is 34.7 Å². The molecule has 0 aliphatic carbocycles. The Balaban J connectivity index is 2.86. The molecule has 0 radical (unpaired) electrons. The second-order valence-electron chi connectivity index (χ2n) is 1.53. The molecule has 0 spiro atoms. The molecule has 50 valence electrons. The summed E-state index contributed by atoms with van der Waals surface area (Å²) in [7, 11) is 0. The first-order valence-electron chi connectivity index (χ1n) is 2.47. The highest BCUT2D eigenvalue weighted by molar-refractivity contribution is 4.51. The molecular formula is C4H11NO3. The van der Waals surface area contributed by atoms with Crippen molar-refractivity contribution in [3.8, 4) is 0 Å². The molecular weight excluding hydrogens is 110 g/mol. The molecule has 0 fully saturated rings. The number of hydrogen-bond acceptors (Lipinski definition) is 4. The quantitative estimate of drug-likeness (QED) is 0.349. The fourth-order valence-corrected chi connectivity index (χ4v) is 0.322. The van der Waals surface area contributed by atoms with Gasteiger partial charge in [0.15, 0.2) is 0 Å². The largest absolute Gasteiger partial charge is 0.394 e. The Morgan fingerprint density at radius 3 is 2.50 bits per heavy atom. The van der Waals surface area contributed by atoms with Gasteiger partial charge in [0, 0.05) is 6.54 Å². The van der Waals surface area contributed by atoms with Crippen molar-refractivity contribution >= 4 is 0 Å². The summed E-state index contributed by atoms with van der Waals surface area (Å²) in [4.78, 5) is 0. The molecule has 8 heavy (non-hydrogen) atoms. The van der Waals surface area contributed by atoms with Crippen LogP contribution >= 0.6 is 0 Å². The lowest BCUT2D eigenvalue weighted by Crippen LogP contribution is -2.19. The Bertz CT molecular complexity index is 50.5. The molecule has 0 aliphatic rings. The Hall–Kier alpha value is -0.160. The highest BCUT2D eigenvalue weighted by atomic mass is 16.5. The van der Waals surface area contributed by atoms with Crippen LogP contribution in [0.5, 0.6) is 0 Å². The lowest BCUT2D eigenvalue weighted by Gasteiger charge is -2.03. The van der Waals surface area contributed by atoms with Crippen LogP contribution in [0.25, 0.3) is 0 Å². The Labute approximate surface area is 47.7 Å². The average Bonchev–Trinajstić information content (AvgIpc) is 1.83. The van der Waals surface area contributed by atoms with E-state index in [1.54, 1.807) is 0 Å². The minimum Gasteiger partial charge on any atom is -0.394 e. The molecule has 4 heteroatoms. The SMILES string of the molecule is OCC(O)CCNO. The number of hydroxylamine groups is 1. The standard InChI is InChI=1S/C4H11NO3/c6-3-4(7)1-2-5-8/h4-8H,1-3H2. The number of hydrogen-bond donors (Lipinski definition) is 4. The van der Waals surface area contributed by atoms with Gasteiger partial charge in [-0.2, -0.15) is 0 Å². The highest BCUT2D eigenvalue weighted by Gasteiger charge is 1.98. The van der Waals surface area contributed by atoms with Crippen LogP contribution < -0.4 is 5.48 Å². The molecule has 0 saturated heterocycles. The predicted octanol–water partition coefficient (Wildman–Crippen LogP) is -1.29. The van der Waals surface area contributed by atoms with Gasteiger partial charge in [-0.05, 0) is 6.42 Å². The van der Waals surface area contributed by atoms with Crippen LogP contribution in [0.1, 0.15) is 6.42 Å². The van der Waals surface area contributed by atoms with Gasteiger partial charge in [-0.15, -0.1) is 0 Å². The summed E-state index contributed by atoms with van der Waals surface area (Å²) in [6.45, 7) is 0.0589. The van der Waals surface area contributed by atoms with Crippen LogP contribution in [0.4, 0.5) is 0 Å². The van der Waals surface area contributed by atoms with E-state index >= 15 is 0 Å². The number of nitrogens with one attached hydrogen (secondary N) is 1. The van der Waals surface area contributed by atoms with Gasteiger partial charge in [0.2, 0.25) is 0 Å². The average molecular weight is 121 g/mol. The maximum Gasteiger partial charge on any atom is 0.0783 e. The molecule has 1 atom stereocenters. The molecule has 0 bridgehead atoms. The maximum absolute atomic E-state index is 8.59.